The van der Waals surface area contributed by atoms with Gasteiger partial charge in [0.15, 0.2) is 11.5 Å². The average molecular weight is 305 g/mol. The van der Waals surface area contributed by atoms with E-state index < -0.39 is 19.2 Å². The number of fused-ring (bicyclic) bond motifs is 1. The van der Waals surface area contributed by atoms with Crippen molar-refractivity contribution in [3.63, 3.8) is 0 Å². The van der Waals surface area contributed by atoms with E-state index in [9.17, 15) is 13.2 Å². The van der Waals surface area contributed by atoms with E-state index in [-0.39, 0.29) is 12.8 Å². The largest absolute Gasteiger partial charge is 0.493 e. The fourth-order valence-electron chi connectivity index (χ4n) is 1.83. The van der Waals surface area contributed by atoms with E-state index in [4.69, 9.17) is 14.2 Å². The molecule has 4 nitrogen and oxygen atoms in total. The number of benzene rings is 1. The van der Waals surface area contributed by atoms with Crippen molar-refractivity contribution in [3.05, 3.63) is 17.7 Å². The van der Waals surface area contributed by atoms with E-state index in [0.717, 1.165) is 5.56 Å². The van der Waals surface area contributed by atoms with Gasteiger partial charge in [0, 0.05) is 24.2 Å². The van der Waals surface area contributed by atoms with E-state index in [1.54, 1.807) is 12.1 Å². The molecular formula is C14H18F3NO3. The zero-order valence-electron chi connectivity index (χ0n) is 11.9. The molecule has 2 rings (SSSR count). The van der Waals surface area contributed by atoms with Crippen LogP contribution in [0.4, 0.5) is 13.2 Å². The van der Waals surface area contributed by atoms with Crippen molar-refractivity contribution in [1.82, 2.24) is 5.32 Å². The quantitative estimate of drug-likeness (QED) is 0.876. The number of hydrogen-bond donors (Lipinski definition) is 1. The van der Waals surface area contributed by atoms with Gasteiger partial charge in [-0.3, -0.25) is 0 Å². The third-order valence-corrected chi connectivity index (χ3v) is 2.90. The summed E-state index contributed by atoms with van der Waals surface area (Å²) in [6, 6.07) is 3.56. The minimum absolute atomic E-state index is 0.110. The molecule has 118 valence electrons. The maximum Gasteiger partial charge on any atom is 0.392 e. The lowest BCUT2D eigenvalue weighted by Gasteiger charge is -2.15. The van der Waals surface area contributed by atoms with Gasteiger partial charge >= 0.3 is 6.18 Å². The number of hydrogen-bond acceptors (Lipinski definition) is 4. The molecule has 0 saturated heterocycles. The van der Waals surface area contributed by atoms with Gasteiger partial charge in [0.05, 0.1) is 13.0 Å². The molecule has 0 atom stereocenters. The lowest BCUT2D eigenvalue weighted by atomic mass is 10.1. The Balaban J connectivity index is 2.09. The molecule has 0 bridgehead atoms. The molecule has 0 aromatic heterocycles. The Bertz CT molecular complexity index is 489. The SMILES string of the molecule is CC(C)NCc1cc2c(cc1OCCC(F)(F)F)OCO2. The molecule has 1 aromatic carbocycles. The van der Waals surface area contributed by atoms with Gasteiger partial charge in [-0.2, -0.15) is 13.2 Å². The van der Waals surface area contributed by atoms with Crippen LogP contribution in [0.3, 0.4) is 0 Å². The number of alkyl halides is 3. The number of nitrogens with one attached hydrogen (secondary N) is 1. The van der Waals surface area contributed by atoms with Crippen molar-refractivity contribution in [1.29, 1.82) is 0 Å². The van der Waals surface area contributed by atoms with Crippen molar-refractivity contribution >= 4 is 0 Å². The Kier molecular flexibility index (Phi) is 4.82. The molecule has 7 heteroatoms. The summed E-state index contributed by atoms with van der Waals surface area (Å²) in [5.74, 6) is 1.46. The van der Waals surface area contributed by atoms with Crippen LogP contribution in [0.2, 0.25) is 0 Å². The van der Waals surface area contributed by atoms with Gasteiger partial charge in [0.25, 0.3) is 0 Å². The molecule has 0 unspecified atom stereocenters. The number of rotatable bonds is 6. The van der Waals surface area contributed by atoms with Crippen LogP contribution < -0.4 is 19.5 Å². The van der Waals surface area contributed by atoms with Crippen molar-refractivity contribution in [3.8, 4) is 17.2 Å². The minimum atomic E-state index is -4.23. The van der Waals surface area contributed by atoms with Crippen LogP contribution in [-0.4, -0.2) is 25.6 Å². The first-order chi connectivity index (χ1) is 9.85. The monoisotopic (exact) mass is 305 g/mol. The Morgan fingerprint density at radius 1 is 1.24 bits per heavy atom. The molecule has 1 heterocycles. The molecule has 0 fully saturated rings. The number of halogens is 3. The fourth-order valence-corrected chi connectivity index (χ4v) is 1.83. The van der Waals surface area contributed by atoms with Crippen LogP contribution in [0.25, 0.3) is 0 Å². The molecule has 0 radical (unpaired) electrons. The van der Waals surface area contributed by atoms with Gasteiger partial charge in [-0.1, -0.05) is 13.8 Å². The second-order valence-electron chi connectivity index (χ2n) is 5.06. The van der Waals surface area contributed by atoms with E-state index in [1.807, 2.05) is 13.8 Å². The van der Waals surface area contributed by atoms with E-state index >= 15 is 0 Å². The zero-order valence-corrected chi connectivity index (χ0v) is 11.9. The standard InChI is InChI=1S/C14H18F3NO3/c1-9(2)18-7-10-5-12-13(21-8-20-12)6-11(10)19-4-3-14(15,16)17/h5-6,9,18H,3-4,7-8H2,1-2H3. The van der Waals surface area contributed by atoms with Crippen molar-refractivity contribution in [2.24, 2.45) is 0 Å². The lowest BCUT2D eigenvalue weighted by molar-refractivity contribution is -0.139. The fraction of sp³-hybridized carbons (Fsp3) is 0.571. The smallest absolute Gasteiger partial charge is 0.392 e. The molecule has 0 saturated carbocycles. The maximum absolute atomic E-state index is 12.2. The van der Waals surface area contributed by atoms with Gasteiger partial charge in [0.2, 0.25) is 6.79 Å². The topological polar surface area (TPSA) is 39.7 Å². The molecule has 21 heavy (non-hydrogen) atoms. The van der Waals surface area contributed by atoms with Gasteiger partial charge in [-0.25, -0.2) is 0 Å². The number of ether oxygens (including phenoxy) is 3. The Morgan fingerprint density at radius 3 is 2.52 bits per heavy atom. The summed E-state index contributed by atoms with van der Waals surface area (Å²) in [6.07, 6.45) is -5.22. The Hall–Kier alpha value is -1.63. The van der Waals surface area contributed by atoms with E-state index in [2.05, 4.69) is 5.32 Å². The zero-order chi connectivity index (χ0) is 15.5. The van der Waals surface area contributed by atoms with Crippen LogP contribution >= 0.6 is 0 Å². The highest BCUT2D eigenvalue weighted by molar-refractivity contribution is 5.51. The minimum Gasteiger partial charge on any atom is -0.493 e. The first-order valence-corrected chi connectivity index (χ1v) is 6.70. The molecular weight excluding hydrogens is 287 g/mol. The predicted octanol–water partition coefficient (Wildman–Crippen LogP) is 3.24. The molecule has 1 aromatic rings. The first-order valence-electron chi connectivity index (χ1n) is 6.70. The lowest BCUT2D eigenvalue weighted by Crippen LogP contribution is -2.22. The summed E-state index contributed by atoms with van der Waals surface area (Å²) in [4.78, 5) is 0. The Labute approximate surface area is 121 Å². The van der Waals surface area contributed by atoms with Crippen molar-refractivity contribution in [2.75, 3.05) is 13.4 Å². The highest BCUT2D eigenvalue weighted by atomic mass is 19.4. The molecule has 1 N–H and O–H groups in total. The van der Waals surface area contributed by atoms with E-state index in [1.165, 1.54) is 0 Å². The summed E-state index contributed by atoms with van der Waals surface area (Å²) in [7, 11) is 0. The normalized spacial score (nSPS) is 13.8. The van der Waals surface area contributed by atoms with Gasteiger partial charge < -0.3 is 19.5 Å². The van der Waals surface area contributed by atoms with Crippen LogP contribution in [-0.2, 0) is 6.54 Å². The second-order valence-corrected chi connectivity index (χ2v) is 5.06. The third-order valence-electron chi connectivity index (χ3n) is 2.90. The van der Waals surface area contributed by atoms with Crippen molar-refractivity contribution < 1.29 is 27.4 Å². The molecule has 0 aliphatic carbocycles. The van der Waals surface area contributed by atoms with E-state index in [0.29, 0.717) is 23.8 Å². The van der Waals surface area contributed by atoms with Crippen LogP contribution in [0.1, 0.15) is 25.8 Å². The van der Waals surface area contributed by atoms with Crippen LogP contribution in [0.15, 0.2) is 12.1 Å². The van der Waals surface area contributed by atoms with Crippen LogP contribution in [0, 0.1) is 0 Å². The first kappa shape index (κ1) is 15.8. The average Bonchev–Trinajstić information content (AvgIpc) is 2.81. The molecule has 1 aliphatic heterocycles. The van der Waals surface area contributed by atoms with Gasteiger partial charge in [-0.15, -0.1) is 0 Å². The summed E-state index contributed by atoms with van der Waals surface area (Å²) < 4.78 is 52.4. The predicted molar refractivity (Wildman–Crippen MR) is 70.7 cm³/mol. The third kappa shape index (κ3) is 4.70. The summed E-state index contributed by atoms with van der Waals surface area (Å²) in [5, 5.41) is 3.20. The molecule has 0 amide bonds. The van der Waals surface area contributed by atoms with Crippen molar-refractivity contribution in [2.45, 2.75) is 39.0 Å². The molecule has 0 spiro atoms. The van der Waals surface area contributed by atoms with Gasteiger partial charge in [-0.05, 0) is 6.07 Å². The summed E-state index contributed by atoms with van der Waals surface area (Å²) in [5.41, 5.74) is 0.745. The highest BCUT2D eigenvalue weighted by Crippen LogP contribution is 2.38. The maximum atomic E-state index is 12.2. The highest BCUT2D eigenvalue weighted by Gasteiger charge is 2.27. The summed E-state index contributed by atoms with van der Waals surface area (Å²) >= 11 is 0. The summed E-state index contributed by atoms with van der Waals surface area (Å²) in [6.45, 7) is 4.14. The molecule has 1 aliphatic rings. The van der Waals surface area contributed by atoms with Gasteiger partial charge in [0.1, 0.15) is 5.75 Å². The van der Waals surface area contributed by atoms with Crippen LogP contribution in [0.5, 0.6) is 17.2 Å². The second kappa shape index (κ2) is 6.43. The Morgan fingerprint density at radius 2 is 1.90 bits per heavy atom.